The van der Waals surface area contributed by atoms with Crippen LogP contribution >= 0.6 is 11.6 Å². The van der Waals surface area contributed by atoms with E-state index in [0.29, 0.717) is 5.92 Å². The summed E-state index contributed by atoms with van der Waals surface area (Å²) in [5.41, 5.74) is 0.695. The summed E-state index contributed by atoms with van der Waals surface area (Å²) in [6.07, 6.45) is 2.20. The van der Waals surface area contributed by atoms with Gasteiger partial charge in [-0.25, -0.2) is 0 Å². The molecule has 1 fully saturated rings. The molecule has 0 bridgehead atoms. The van der Waals surface area contributed by atoms with Gasteiger partial charge in [0.1, 0.15) is 5.82 Å². The van der Waals surface area contributed by atoms with Crippen LogP contribution in [0.15, 0.2) is 48.8 Å². The Bertz CT molecular complexity index is 1090. The largest absolute Gasteiger partial charge is 0.416 e. The van der Waals surface area contributed by atoms with Crippen molar-refractivity contribution in [3.05, 3.63) is 64.9 Å². The number of benzene rings is 1. The molecule has 174 valence electrons. The number of anilines is 1. The molecule has 0 aliphatic heterocycles. The molecule has 3 aromatic rings. The molecule has 4 rings (SSSR count). The Morgan fingerprint density at radius 2 is 1.94 bits per heavy atom. The number of pyridine rings is 1. The fraction of sp³-hybridized carbons (Fsp3) is 0.348. The van der Waals surface area contributed by atoms with E-state index in [2.05, 4.69) is 25.8 Å². The van der Waals surface area contributed by atoms with Gasteiger partial charge in [0.2, 0.25) is 0 Å². The Morgan fingerprint density at radius 3 is 2.64 bits per heavy atom. The Labute approximate surface area is 194 Å². The fourth-order valence-corrected chi connectivity index (χ4v) is 4.18. The van der Waals surface area contributed by atoms with Crippen molar-refractivity contribution in [3.8, 4) is 11.3 Å². The molecule has 1 aliphatic rings. The summed E-state index contributed by atoms with van der Waals surface area (Å²) in [7, 11) is 0. The van der Waals surface area contributed by atoms with Crippen LogP contribution in [0.5, 0.6) is 0 Å². The molecule has 2 aromatic heterocycles. The first-order valence-corrected chi connectivity index (χ1v) is 11.0. The summed E-state index contributed by atoms with van der Waals surface area (Å²) in [6, 6.07) is 8.42. The number of aromatic amines is 1. The van der Waals surface area contributed by atoms with Gasteiger partial charge in [-0.1, -0.05) is 11.6 Å². The summed E-state index contributed by atoms with van der Waals surface area (Å²) in [6.45, 7) is 0.759. The van der Waals surface area contributed by atoms with Crippen LogP contribution in [-0.4, -0.2) is 33.7 Å². The molecule has 0 unspecified atom stereocenters. The zero-order valence-electron chi connectivity index (χ0n) is 17.6. The van der Waals surface area contributed by atoms with Crippen LogP contribution in [0.1, 0.15) is 41.6 Å². The topological polar surface area (TPSA) is 82.7 Å². The number of H-pyrrole nitrogens is 1. The summed E-state index contributed by atoms with van der Waals surface area (Å²) < 4.78 is 38.9. The van der Waals surface area contributed by atoms with E-state index in [4.69, 9.17) is 11.6 Å². The van der Waals surface area contributed by atoms with Gasteiger partial charge in [0, 0.05) is 36.6 Å². The van der Waals surface area contributed by atoms with Crippen LogP contribution in [0.3, 0.4) is 0 Å². The number of halogens is 4. The van der Waals surface area contributed by atoms with E-state index >= 15 is 0 Å². The number of aromatic nitrogens is 3. The maximum Gasteiger partial charge on any atom is 0.416 e. The molecule has 0 spiro atoms. The standard InChI is InChI=1S/C23H23ClF3N5O/c24-19-8-5-16(23(25,26)27)10-18(19)22(33)30-17-6-3-14(4-7-17)12-29-21-11-20(31-32-21)15-2-1-9-28-13-15/h1-2,5,8-11,13-14,17H,3-4,6-7,12H2,(H,30,33)(H2,29,31,32)/t14-,17-. The summed E-state index contributed by atoms with van der Waals surface area (Å²) in [5, 5.41) is 13.5. The molecule has 1 saturated carbocycles. The number of carbonyl (C=O) groups excluding carboxylic acids is 1. The lowest BCUT2D eigenvalue weighted by molar-refractivity contribution is -0.137. The minimum Gasteiger partial charge on any atom is -0.370 e. The number of amides is 1. The number of carbonyl (C=O) groups is 1. The molecular formula is C23H23ClF3N5O. The van der Waals surface area contributed by atoms with Gasteiger partial charge in [-0.3, -0.25) is 14.9 Å². The van der Waals surface area contributed by atoms with Crippen LogP contribution in [0.2, 0.25) is 5.02 Å². The Hall–Kier alpha value is -3.07. The zero-order valence-corrected chi connectivity index (χ0v) is 18.4. The molecule has 1 aromatic carbocycles. The van der Waals surface area contributed by atoms with E-state index in [1.54, 1.807) is 12.4 Å². The van der Waals surface area contributed by atoms with Crippen molar-refractivity contribution in [1.29, 1.82) is 0 Å². The highest BCUT2D eigenvalue weighted by atomic mass is 35.5. The van der Waals surface area contributed by atoms with Crippen LogP contribution in [-0.2, 0) is 6.18 Å². The molecule has 1 amide bonds. The van der Waals surface area contributed by atoms with Crippen LogP contribution in [0, 0.1) is 5.92 Å². The number of rotatable bonds is 6. The normalized spacial score (nSPS) is 18.7. The monoisotopic (exact) mass is 477 g/mol. The number of nitrogens with one attached hydrogen (secondary N) is 3. The van der Waals surface area contributed by atoms with E-state index < -0.39 is 17.6 Å². The predicted molar refractivity (Wildman–Crippen MR) is 120 cm³/mol. The Kier molecular flexibility index (Phi) is 6.88. The van der Waals surface area contributed by atoms with Gasteiger partial charge < -0.3 is 10.6 Å². The third kappa shape index (κ3) is 5.84. The number of hydrogen-bond acceptors (Lipinski definition) is 4. The lowest BCUT2D eigenvalue weighted by Crippen LogP contribution is -2.38. The summed E-state index contributed by atoms with van der Waals surface area (Å²) >= 11 is 5.97. The van der Waals surface area contributed by atoms with Crippen molar-refractivity contribution < 1.29 is 18.0 Å². The van der Waals surface area contributed by atoms with Gasteiger partial charge in [0.05, 0.1) is 21.8 Å². The van der Waals surface area contributed by atoms with Crippen LogP contribution in [0.25, 0.3) is 11.3 Å². The average molecular weight is 478 g/mol. The molecule has 3 N–H and O–H groups in total. The first-order chi connectivity index (χ1) is 15.8. The minimum absolute atomic E-state index is 0.00333. The Balaban J connectivity index is 1.26. The maximum atomic E-state index is 13.0. The highest BCUT2D eigenvalue weighted by molar-refractivity contribution is 6.33. The van der Waals surface area contributed by atoms with Gasteiger partial charge >= 0.3 is 6.18 Å². The highest BCUT2D eigenvalue weighted by Crippen LogP contribution is 2.32. The van der Waals surface area contributed by atoms with Crippen molar-refractivity contribution in [2.45, 2.75) is 37.9 Å². The fourth-order valence-electron chi connectivity index (χ4n) is 3.98. The third-order valence-corrected chi connectivity index (χ3v) is 6.17. The van der Waals surface area contributed by atoms with E-state index in [0.717, 1.165) is 67.5 Å². The molecular weight excluding hydrogens is 455 g/mol. The van der Waals surface area contributed by atoms with Gasteiger partial charge in [-0.2, -0.15) is 18.3 Å². The van der Waals surface area contributed by atoms with Gasteiger partial charge in [-0.05, 0) is 61.9 Å². The number of alkyl halides is 3. The van der Waals surface area contributed by atoms with E-state index in [9.17, 15) is 18.0 Å². The second-order valence-corrected chi connectivity index (χ2v) is 8.58. The lowest BCUT2D eigenvalue weighted by atomic mass is 9.86. The number of hydrogen-bond donors (Lipinski definition) is 3. The summed E-state index contributed by atoms with van der Waals surface area (Å²) in [5.74, 6) is 0.664. The zero-order chi connectivity index (χ0) is 23.4. The lowest BCUT2D eigenvalue weighted by Gasteiger charge is -2.29. The second-order valence-electron chi connectivity index (χ2n) is 8.17. The van der Waals surface area contributed by atoms with Gasteiger partial charge in [-0.15, -0.1) is 0 Å². The van der Waals surface area contributed by atoms with Crippen molar-refractivity contribution in [3.63, 3.8) is 0 Å². The van der Waals surface area contributed by atoms with Crippen molar-refractivity contribution >= 4 is 23.3 Å². The second kappa shape index (κ2) is 9.82. The molecule has 10 heteroatoms. The average Bonchev–Trinajstić information content (AvgIpc) is 3.28. The van der Waals surface area contributed by atoms with Crippen LogP contribution in [0.4, 0.5) is 19.0 Å². The molecule has 2 heterocycles. The van der Waals surface area contributed by atoms with Crippen molar-refractivity contribution in [1.82, 2.24) is 20.5 Å². The number of nitrogens with zero attached hydrogens (tertiary/aromatic N) is 2. The van der Waals surface area contributed by atoms with E-state index in [1.165, 1.54) is 0 Å². The summed E-state index contributed by atoms with van der Waals surface area (Å²) in [4.78, 5) is 16.6. The minimum atomic E-state index is -4.53. The molecule has 0 atom stereocenters. The molecule has 1 aliphatic carbocycles. The quantitative estimate of drug-likeness (QED) is 0.435. The SMILES string of the molecule is O=C(N[C@H]1CC[C@H](CNc2cc(-c3cccnc3)n[nH]2)CC1)c1cc(C(F)(F)F)ccc1Cl. The van der Waals surface area contributed by atoms with Crippen LogP contribution < -0.4 is 10.6 Å². The Morgan fingerprint density at radius 1 is 1.15 bits per heavy atom. The van der Waals surface area contributed by atoms with Crippen molar-refractivity contribution in [2.24, 2.45) is 5.92 Å². The van der Waals surface area contributed by atoms with Gasteiger partial charge in [0.25, 0.3) is 5.91 Å². The molecule has 33 heavy (non-hydrogen) atoms. The first kappa shape index (κ1) is 23.1. The molecule has 0 saturated heterocycles. The highest BCUT2D eigenvalue weighted by Gasteiger charge is 2.32. The molecule has 6 nitrogen and oxygen atoms in total. The van der Waals surface area contributed by atoms with E-state index in [-0.39, 0.29) is 16.6 Å². The first-order valence-electron chi connectivity index (χ1n) is 10.7. The van der Waals surface area contributed by atoms with E-state index in [1.807, 2.05) is 18.2 Å². The molecule has 0 radical (unpaired) electrons. The predicted octanol–water partition coefficient (Wildman–Crippen LogP) is 5.54. The smallest absolute Gasteiger partial charge is 0.370 e. The van der Waals surface area contributed by atoms with Crippen molar-refractivity contribution in [2.75, 3.05) is 11.9 Å². The maximum absolute atomic E-state index is 13.0. The van der Waals surface area contributed by atoms with Gasteiger partial charge in [0.15, 0.2) is 0 Å². The third-order valence-electron chi connectivity index (χ3n) is 5.84.